The zero-order valence-electron chi connectivity index (χ0n) is 13.5. The predicted molar refractivity (Wildman–Crippen MR) is 92.0 cm³/mol. The van der Waals surface area contributed by atoms with Gasteiger partial charge in [-0.2, -0.15) is 0 Å². The summed E-state index contributed by atoms with van der Waals surface area (Å²) in [6.45, 7) is 4.03. The molecule has 0 aromatic carbocycles. The third kappa shape index (κ3) is 4.04. The molecule has 0 bridgehead atoms. The molecule has 2 aromatic heterocycles. The van der Waals surface area contributed by atoms with Crippen molar-refractivity contribution in [1.29, 1.82) is 0 Å². The van der Waals surface area contributed by atoms with Crippen molar-refractivity contribution in [2.24, 2.45) is 0 Å². The molecule has 0 saturated carbocycles. The summed E-state index contributed by atoms with van der Waals surface area (Å²) < 4.78 is 0. The summed E-state index contributed by atoms with van der Waals surface area (Å²) in [4.78, 5) is 23.7. The summed E-state index contributed by atoms with van der Waals surface area (Å²) in [5.74, 6) is 0.742. The van der Waals surface area contributed by atoms with Crippen molar-refractivity contribution < 1.29 is 4.79 Å². The van der Waals surface area contributed by atoms with Crippen LogP contribution in [0.5, 0.6) is 0 Å². The molecule has 6 heteroatoms. The topological polar surface area (TPSA) is 58.1 Å². The number of unbranched alkanes of at least 4 members (excludes halogenated alkanes) is 1. The minimum Gasteiger partial charge on any atom is -0.363 e. The van der Waals surface area contributed by atoms with E-state index in [1.54, 1.807) is 6.20 Å². The fourth-order valence-corrected chi connectivity index (χ4v) is 3.01. The molecule has 22 heavy (non-hydrogen) atoms. The van der Waals surface area contributed by atoms with Crippen molar-refractivity contribution in [1.82, 2.24) is 9.97 Å². The van der Waals surface area contributed by atoms with Crippen molar-refractivity contribution in [3.63, 3.8) is 0 Å². The first-order valence-corrected chi connectivity index (χ1v) is 8.24. The van der Waals surface area contributed by atoms with E-state index in [4.69, 9.17) is 0 Å². The highest BCUT2D eigenvalue weighted by Crippen LogP contribution is 2.21. The zero-order valence-corrected chi connectivity index (χ0v) is 14.3. The van der Waals surface area contributed by atoms with Crippen LogP contribution < -0.4 is 10.2 Å². The minimum absolute atomic E-state index is 0.114. The second-order valence-corrected chi connectivity index (χ2v) is 6.46. The van der Waals surface area contributed by atoms with Gasteiger partial charge in [0.25, 0.3) is 5.91 Å². The number of hydrogen-bond donors (Lipinski definition) is 1. The Balaban J connectivity index is 2.06. The molecular weight excluding hydrogens is 296 g/mol. The minimum atomic E-state index is -0.114. The zero-order chi connectivity index (χ0) is 16.1. The van der Waals surface area contributed by atoms with Crippen molar-refractivity contribution in [3.05, 3.63) is 33.9 Å². The molecule has 0 aliphatic carbocycles. The molecule has 0 atom stereocenters. The molecule has 0 aliphatic heterocycles. The lowest BCUT2D eigenvalue weighted by Gasteiger charge is -2.11. The predicted octanol–water partition coefficient (Wildman–Crippen LogP) is 3.51. The first-order valence-electron chi connectivity index (χ1n) is 7.42. The van der Waals surface area contributed by atoms with Crippen molar-refractivity contribution >= 4 is 28.7 Å². The van der Waals surface area contributed by atoms with Crippen LogP contribution in [0.2, 0.25) is 0 Å². The maximum atomic E-state index is 12.4. The maximum Gasteiger partial charge on any atom is 0.267 e. The first-order chi connectivity index (χ1) is 10.5. The van der Waals surface area contributed by atoms with E-state index < -0.39 is 0 Å². The van der Waals surface area contributed by atoms with Crippen LogP contribution in [0.4, 0.5) is 11.5 Å². The van der Waals surface area contributed by atoms with Crippen LogP contribution in [0.1, 0.15) is 40.1 Å². The van der Waals surface area contributed by atoms with Crippen LogP contribution >= 0.6 is 11.3 Å². The second kappa shape index (κ2) is 7.35. The van der Waals surface area contributed by atoms with Gasteiger partial charge in [0.1, 0.15) is 10.7 Å². The first kappa shape index (κ1) is 16.4. The highest BCUT2D eigenvalue weighted by atomic mass is 32.1. The van der Waals surface area contributed by atoms with Crippen LogP contribution in [0.3, 0.4) is 0 Å². The number of carbonyl (C=O) groups excluding carboxylic acids is 1. The monoisotopic (exact) mass is 318 g/mol. The van der Waals surface area contributed by atoms with Gasteiger partial charge in [-0.3, -0.25) is 4.79 Å². The Morgan fingerprint density at radius 1 is 1.36 bits per heavy atom. The highest BCUT2D eigenvalue weighted by Gasteiger charge is 2.15. The van der Waals surface area contributed by atoms with E-state index in [1.807, 2.05) is 38.1 Å². The fourth-order valence-electron chi connectivity index (χ4n) is 2.01. The van der Waals surface area contributed by atoms with Crippen LogP contribution in [0.25, 0.3) is 0 Å². The van der Waals surface area contributed by atoms with Crippen molar-refractivity contribution in [3.8, 4) is 0 Å². The van der Waals surface area contributed by atoms with Gasteiger partial charge in [0, 0.05) is 14.1 Å². The van der Waals surface area contributed by atoms with Crippen LogP contribution in [0.15, 0.2) is 18.3 Å². The molecule has 2 aromatic rings. The van der Waals surface area contributed by atoms with Gasteiger partial charge in [-0.1, -0.05) is 13.3 Å². The molecule has 0 aliphatic rings. The molecule has 0 radical (unpaired) electrons. The summed E-state index contributed by atoms with van der Waals surface area (Å²) >= 11 is 1.48. The number of nitrogens with one attached hydrogen (secondary N) is 1. The van der Waals surface area contributed by atoms with Gasteiger partial charge in [-0.25, -0.2) is 9.97 Å². The molecule has 1 amide bonds. The molecule has 118 valence electrons. The molecule has 1 N–H and O–H groups in total. The molecule has 5 nitrogen and oxygen atoms in total. The quantitative estimate of drug-likeness (QED) is 0.885. The number of anilines is 2. The Morgan fingerprint density at radius 2 is 2.14 bits per heavy atom. The van der Waals surface area contributed by atoms with Crippen molar-refractivity contribution in [2.45, 2.75) is 33.1 Å². The Morgan fingerprint density at radius 3 is 2.73 bits per heavy atom. The van der Waals surface area contributed by atoms with E-state index in [9.17, 15) is 4.79 Å². The van der Waals surface area contributed by atoms with Gasteiger partial charge < -0.3 is 10.2 Å². The lowest BCUT2D eigenvalue weighted by molar-refractivity contribution is 0.103. The largest absolute Gasteiger partial charge is 0.363 e. The summed E-state index contributed by atoms with van der Waals surface area (Å²) in [5.41, 5.74) is 1.49. The number of aryl methyl sites for hydroxylation is 2. The van der Waals surface area contributed by atoms with E-state index in [0.29, 0.717) is 10.6 Å². The van der Waals surface area contributed by atoms with E-state index in [2.05, 4.69) is 22.2 Å². The number of nitrogens with zero attached hydrogens (tertiary/aromatic N) is 3. The molecule has 2 heterocycles. The lowest BCUT2D eigenvalue weighted by Crippen LogP contribution is -2.13. The average molecular weight is 318 g/mol. The van der Waals surface area contributed by atoms with E-state index in [-0.39, 0.29) is 5.91 Å². The lowest BCUT2D eigenvalue weighted by atomic mass is 10.3. The summed E-state index contributed by atoms with van der Waals surface area (Å²) in [6.07, 6.45) is 4.84. The maximum absolute atomic E-state index is 12.4. The molecule has 0 fully saturated rings. The molecule has 0 saturated heterocycles. The number of amides is 1. The Bertz CT molecular complexity index is 634. The number of thiazole rings is 1. The molecule has 2 rings (SSSR count). The smallest absolute Gasteiger partial charge is 0.267 e. The summed E-state index contributed by atoms with van der Waals surface area (Å²) in [7, 11) is 3.86. The number of carbonyl (C=O) groups is 1. The molecule has 0 unspecified atom stereocenters. The summed E-state index contributed by atoms with van der Waals surface area (Å²) in [6, 6.07) is 3.73. The van der Waals surface area contributed by atoms with Crippen LogP contribution in [-0.2, 0) is 6.42 Å². The van der Waals surface area contributed by atoms with E-state index in [0.717, 1.165) is 35.8 Å². The molecular formula is C16H22N4OS. The second-order valence-electron chi connectivity index (χ2n) is 5.38. The van der Waals surface area contributed by atoms with E-state index in [1.165, 1.54) is 11.3 Å². The number of aromatic nitrogens is 2. The third-order valence-electron chi connectivity index (χ3n) is 3.26. The van der Waals surface area contributed by atoms with Gasteiger partial charge in [-0.05, 0) is 31.9 Å². The average Bonchev–Trinajstić information content (AvgIpc) is 2.86. The fraction of sp³-hybridized carbons (Fsp3) is 0.438. The summed E-state index contributed by atoms with van der Waals surface area (Å²) in [5, 5.41) is 3.92. The number of hydrogen-bond acceptors (Lipinski definition) is 5. The van der Waals surface area contributed by atoms with Gasteiger partial charge in [0.05, 0.1) is 22.6 Å². The van der Waals surface area contributed by atoms with E-state index >= 15 is 0 Å². The standard InChI is InChI=1S/C16H22N4OS/c1-5-6-7-14-18-11(2)15(22-14)16(21)19-12-8-9-13(17-10-12)20(3)4/h8-10H,5-7H2,1-4H3,(H,19,21). The number of rotatable bonds is 6. The normalized spacial score (nSPS) is 10.5. The van der Waals surface area contributed by atoms with Crippen LogP contribution in [0, 0.1) is 6.92 Å². The highest BCUT2D eigenvalue weighted by molar-refractivity contribution is 7.13. The van der Waals surface area contributed by atoms with Gasteiger partial charge >= 0.3 is 0 Å². The van der Waals surface area contributed by atoms with Gasteiger partial charge in [-0.15, -0.1) is 11.3 Å². The Hall–Kier alpha value is -1.95. The van der Waals surface area contributed by atoms with Gasteiger partial charge in [0.2, 0.25) is 0 Å². The SMILES string of the molecule is CCCCc1nc(C)c(C(=O)Nc2ccc(N(C)C)nc2)s1. The Kier molecular flexibility index (Phi) is 5.49. The Labute approximate surface area is 135 Å². The van der Waals surface area contributed by atoms with Crippen molar-refractivity contribution in [2.75, 3.05) is 24.3 Å². The van der Waals surface area contributed by atoms with Gasteiger partial charge in [0.15, 0.2) is 0 Å². The number of pyridine rings is 1. The third-order valence-corrected chi connectivity index (χ3v) is 4.47. The molecule has 0 spiro atoms. The van der Waals surface area contributed by atoms with Crippen LogP contribution in [-0.4, -0.2) is 30.0 Å².